The second kappa shape index (κ2) is 28.7. The summed E-state index contributed by atoms with van der Waals surface area (Å²) in [5.41, 5.74) is -0.430. The predicted molar refractivity (Wildman–Crippen MR) is 281 cm³/mol. The van der Waals surface area contributed by atoms with Crippen LogP contribution in [-0.4, -0.2) is 159 Å². The van der Waals surface area contributed by atoms with Crippen molar-refractivity contribution in [3.63, 3.8) is 0 Å². The number of ketones is 1. The van der Waals surface area contributed by atoms with Gasteiger partial charge in [0.1, 0.15) is 36.6 Å². The van der Waals surface area contributed by atoms with E-state index in [1.165, 1.54) is 14.2 Å². The van der Waals surface area contributed by atoms with Crippen molar-refractivity contribution in [3.05, 3.63) is 48.0 Å². The molecule has 18 nitrogen and oxygen atoms in total. The molecule has 1 aromatic carbocycles. The maximum Gasteiger partial charge on any atom is 0.311 e. The van der Waals surface area contributed by atoms with Gasteiger partial charge in [0.25, 0.3) is 0 Å². The SMILES string of the molecule is C=C1C[C@@H](C)O[C@@H](O[C@@H]2[C@@H](C)[C@H](O[C@H]3C[C@@H](C)NC[C@H](C)O3)[C@@H](C)C(=O)O[C@H]([C@@H](C)CO[C@@H]3O[C@H](C)[C@@H](O)[C@@H](OC)[C@H]3OC)[C@H](C)[C@@H](OC(=O)CC(C)C)[C@@H](C)C(=O)[C@@](C)(OC(=O)CCc3ccccc3)C[C@@H]2C)[C@@H]1O. The number of carbonyl (C=O) groups is 4. The Labute approximate surface area is 452 Å². The van der Waals surface area contributed by atoms with E-state index in [-0.39, 0.29) is 50.0 Å². The van der Waals surface area contributed by atoms with Crippen LogP contribution in [0.5, 0.6) is 0 Å². The third kappa shape index (κ3) is 16.6. The van der Waals surface area contributed by atoms with Crippen molar-refractivity contribution in [3.8, 4) is 0 Å². The molecule has 4 fully saturated rings. The average Bonchev–Trinajstić information content (AvgIpc) is 3.53. The fourth-order valence-electron chi connectivity index (χ4n) is 11.6. The molecule has 5 rings (SSSR count). The van der Waals surface area contributed by atoms with Crippen LogP contribution in [0.4, 0.5) is 0 Å². The first-order valence-corrected chi connectivity index (χ1v) is 27.7. The number of ether oxygens (including phenoxy) is 11. The van der Waals surface area contributed by atoms with Crippen LogP contribution in [0.2, 0.25) is 0 Å². The lowest BCUT2D eigenvalue weighted by atomic mass is 9.74. The summed E-state index contributed by atoms with van der Waals surface area (Å²) in [4.78, 5) is 59.3. The molecule has 76 heavy (non-hydrogen) atoms. The lowest BCUT2D eigenvalue weighted by Gasteiger charge is -2.45. The number of Topliss-reactive ketones (excluding diaryl/α,β-unsaturated/α-hetero) is 1. The van der Waals surface area contributed by atoms with Crippen LogP contribution in [0.3, 0.4) is 0 Å². The molecule has 432 valence electrons. The van der Waals surface area contributed by atoms with E-state index in [0.717, 1.165) is 5.56 Å². The largest absolute Gasteiger partial charge is 0.461 e. The van der Waals surface area contributed by atoms with Gasteiger partial charge in [-0.25, -0.2) is 0 Å². The second-order valence-corrected chi connectivity index (χ2v) is 23.1. The molecule has 0 spiro atoms. The van der Waals surface area contributed by atoms with E-state index in [2.05, 4.69) is 11.9 Å². The van der Waals surface area contributed by atoms with Gasteiger partial charge in [0.05, 0.1) is 49.0 Å². The zero-order valence-corrected chi connectivity index (χ0v) is 48.0. The summed E-state index contributed by atoms with van der Waals surface area (Å²) in [6.45, 7) is 28.2. The zero-order valence-electron chi connectivity index (χ0n) is 48.0. The number of hydrogen-bond donors (Lipinski definition) is 3. The Morgan fingerprint density at radius 2 is 1.47 bits per heavy atom. The van der Waals surface area contributed by atoms with Crippen LogP contribution < -0.4 is 5.32 Å². The van der Waals surface area contributed by atoms with Gasteiger partial charge in [-0.2, -0.15) is 0 Å². The minimum atomic E-state index is -1.86. The van der Waals surface area contributed by atoms with E-state index in [4.69, 9.17) is 52.1 Å². The number of esters is 3. The molecule has 0 radical (unpaired) electrons. The maximum absolute atomic E-state index is 15.8. The first-order valence-electron chi connectivity index (χ1n) is 27.7. The van der Waals surface area contributed by atoms with Crippen molar-refractivity contribution < 1.29 is 81.5 Å². The fourth-order valence-corrected chi connectivity index (χ4v) is 11.6. The van der Waals surface area contributed by atoms with Gasteiger partial charge < -0.3 is 67.6 Å². The van der Waals surface area contributed by atoms with Crippen molar-refractivity contribution in [2.45, 2.75) is 226 Å². The molecule has 4 aliphatic heterocycles. The van der Waals surface area contributed by atoms with Crippen molar-refractivity contribution in [1.29, 1.82) is 0 Å². The highest BCUT2D eigenvalue weighted by Gasteiger charge is 2.52. The third-order valence-electron chi connectivity index (χ3n) is 15.8. The molecule has 1 aromatic rings. The third-order valence-corrected chi connectivity index (χ3v) is 15.8. The van der Waals surface area contributed by atoms with Crippen molar-refractivity contribution in [2.75, 3.05) is 27.4 Å². The van der Waals surface area contributed by atoms with Crippen LogP contribution in [0, 0.1) is 41.4 Å². The normalized spacial score (nSPS) is 39.8. The van der Waals surface area contributed by atoms with E-state index < -0.39 is 139 Å². The van der Waals surface area contributed by atoms with E-state index in [1.807, 2.05) is 85.7 Å². The number of hydrogen-bond acceptors (Lipinski definition) is 18. The topological polar surface area (TPSA) is 222 Å². The molecule has 22 atom stereocenters. The number of methoxy groups -OCH3 is 2. The fraction of sp³-hybridized carbons (Fsp3) is 0.793. The van der Waals surface area contributed by atoms with Crippen LogP contribution in [0.25, 0.3) is 0 Å². The van der Waals surface area contributed by atoms with E-state index >= 15 is 9.59 Å². The number of nitrogens with one attached hydrogen (secondary N) is 1. The summed E-state index contributed by atoms with van der Waals surface area (Å²) >= 11 is 0. The highest BCUT2D eigenvalue weighted by atomic mass is 16.7. The summed E-state index contributed by atoms with van der Waals surface area (Å²) in [7, 11) is 2.93. The number of rotatable bonds is 17. The van der Waals surface area contributed by atoms with Crippen LogP contribution in [-0.2, 0) is 77.7 Å². The molecular formula is C58H93NO17. The summed E-state index contributed by atoms with van der Waals surface area (Å²) < 4.78 is 70.2. The van der Waals surface area contributed by atoms with Crippen LogP contribution in [0.15, 0.2) is 42.5 Å². The molecule has 0 aromatic heterocycles. The Bertz CT molecular complexity index is 2010. The van der Waals surface area contributed by atoms with Gasteiger partial charge in [-0.05, 0) is 83.8 Å². The summed E-state index contributed by atoms with van der Waals surface area (Å²) in [5.74, 6) is -7.60. The molecule has 4 saturated heterocycles. The minimum absolute atomic E-state index is 0.0155. The number of aliphatic hydroxyl groups excluding tert-OH is 2. The monoisotopic (exact) mass is 1080 g/mol. The Morgan fingerprint density at radius 3 is 2.12 bits per heavy atom. The van der Waals surface area contributed by atoms with Gasteiger partial charge >= 0.3 is 17.9 Å². The maximum atomic E-state index is 15.8. The van der Waals surface area contributed by atoms with E-state index in [9.17, 15) is 19.8 Å². The molecule has 0 unspecified atom stereocenters. The summed E-state index contributed by atoms with van der Waals surface area (Å²) in [6, 6.07) is 9.47. The van der Waals surface area contributed by atoms with Crippen molar-refractivity contribution >= 4 is 23.7 Å². The van der Waals surface area contributed by atoms with Crippen LogP contribution >= 0.6 is 0 Å². The van der Waals surface area contributed by atoms with Gasteiger partial charge in [0.2, 0.25) is 0 Å². The Kier molecular flexibility index (Phi) is 23.9. The van der Waals surface area contributed by atoms with E-state index in [1.54, 1.807) is 34.6 Å². The number of carbonyl (C=O) groups excluding carboxylic acids is 4. The highest BCUT2D eigenvalue weighted by Crippen LogP contribution is 2.41. The predicted octanol–water partition coefficient (Wildman–Crippen LogP) is 6.67. The molecule has 4 heterocycles. The van der Waals surface area contributed by atoms with Crippen LogP contribution in [0.1, 0.15) is 128 Å². The second-order valence-electron chi connectivity index (χ2n) is 23.1. The molecule has 0 bridgehead atoms. The van der Waals surface area contributed by atoms with Gasteiger partial charge in [-0.1, -0.05) is 85.4 Å². The first-order chi connectivity index (χ1) is 35.8. The van der Waals surface area contributed by atoms with Gasteiger partial charge in [0.15, 0.2) is 30.3 Å². The zero-order chi connectivity index (χ0) is 56.3. The Hall–Kier alpha value is -3.40. The van der Waals surface area contributed by atoms with Crippen molar-refractivity contribution in [2.24, 2.45) is 41.4 Å². The smallest absolute Gasteiger partial charge is 0.311 e. The van der Waals surface area contributed by atoms with Gasteiger partial charge in [-0.15, -0.1) is 0 Å². The van der Waals surface area contributed by atoms with Gasteiger partial charge in [0, 0.05) is 63.8 Å². The summed E-state index contributed by atoms with van der Waals surface area (Å²) in [6.07, 6.45) is -11.4. The summed E-state index contributed by atoms with van der Waals surface area (Å²) in [5, 5.41) is 26.0. The molecule has 0 saturated carbocycles. The Balaban J connectivity index is 1.68. The van der Waals surface area contributed by atoms with Gasteiger partial charge in [-0.3, -0.25) is 19.2 Å². The number of aliphatic hydroxyl groups is 2. The Morgan fingerprint density at radius 1 is 0.803 bits per heavy atom. The number of cyclic esters (lactones) is 1. The highest BCUT2D eigenvalue weighted by molar-refractivity contribution is 5.91. The molecule has 0 amide bonds. The lowest BCUT2D eigenvalue weighted by molar-refractivity contribution is -0.305. The number of aryl methyl sites for hydroxylation is 1. The lowest BCUT2D eigenvalue weighted by Crippen LogP contribution is -2.59. The molecule has 3 N–H and O–H groups in total. The molecular weight excluding hydrogens is 983 g/mol. The first kappa shape index (κ1) is 63.4. The standard InChI is InChI=1S/C58H93NO17/c1-30(2)24-44(61)72-50-38(10)49(33(5)29-68-57-53(67-16)52(66-15)47(63)41(13)71-57)74-55(65)40(12)51(73-45-26-34(6)59-28-36(8)69-45)37(9)48(75-56-46(62)31(3)25-35(7)70-56)32(4)27-58(14,54(64)39(50)11)76-43(60)23-22-42-20-18-17-19-21-42/h17-21,30,32-41,45-53,56-57,59,62-63H,3,22-29H2,1-2,4-16H3/t32-,33-,34+,35+,36-,37+,38-,39+,40+,41+,45-,46+,47+,48-,49+,50+,51-,52+,53+,56-,57+,58-/m0/s1. The number of benzene rings is 1. The van der Waals surface area contributed by atoms with E-state index in [0.29, 0.717) is 31.4 Å². The average molecular weight is 1080 g/mol. The van der Waals surface area contributed by atoms with Crippen molar-refractivity contribution in [1.82, 2.24) is 5.32 Å². The quantitative estimate of drug-likeness (QED) is 0.0842. The molecule has 4 aliphatic rings. The molecule has 18 heteroatoms. The minimum Gasteiger partial charge on any atom is -0.461 e. The molecule has 0 aliphatic carbocycles.